The fourth-order valence-corrected chi connectivity index (χ4v) is 4.80. The maximum absolute atomic E-state index is 12.2. The highest BCUT2D eigenvalue weighted by Crippen LogP contribution is 2.33. The van der Waals surface area contributed by atoms with E-state index < -0.39 is 0 Å². The SMILES string of the molecule is Cl.Cl.NCC1CCCC1NC(=O)Cc1csc(-c2ccc(Cl)s2)n1. The van der Waals surface area contributed by atoms with Crippen LogP contribution in [0.3, 0.4) is 0 Å². The number of nitrogens with two attached hydrogens (primary N) is 1. The quantitative estimate of drug-likeness (QED) is 0.751. The number of halogens is 3. The molecule has 1 fully saturated rings. The summed E-state index contributed by atoms with van der Waals surface area (Å²) in [4.78, 5) is 17.7. The lowest BCUT2D eigenvalue weighted by molar-refractivity contribution is -0.121. The number of nitrogens with zero attached hydrogens (tertiary/aromatic N) is 1. The van der Waals surface area contributed by atoms with E-state index in [1.54, 1.807) is 11.3 Å². The molecule has 24 heavy (non-hydrogen) atoms. The van der Waals surface area contributed by atoms with Crippen molar-refractivity contribution in [3.8, 4) is 9.88 Å². The van der Waals surface area contributed by atoms with E-state index >= 15 is 0 Å². The molecule has 2 aromatic rings. The normalized spacial score (nSPS) is 19.4. The van der Waals surface area contributed by atoms with Crippen molar-refractivity contribution in [2.75, 3.05) is 6.54 Å². The highest BCUT2D eigenvalue weighted by molar-refractivity contribution is 7.23. The van der Waals surface area contributed by atoms with Gasteiger partial charge in [-0.15, -0.1) is 47.5 Å². The number of aromatic nitrogens is 1. The highest BCUT2D eigenvalue weighted by Gasteiger charge is 2.27. The zero-order chi connectivity index (χ0) is 15.5. The zero-order valence-electron chi connectivity index (χ0n) is 12.9. The molecule has 0 aromatic carbocycles. The van der Waals surface area contributed by atoms with Gasteiger partial charge in [-0.3, -0.25) is 4.79 Å². The van der Waals surface area contributed by atoms with Gasteiger partial charge in [-0.25, -0.2) is 4.98 Å². The Morgan fingerprint density at radius 2 is 2.17 bits per heavy atom. The van der Waals surface area contributed by atoms with Gasteiger partial charge in [0.1, 0.15) is 5.01 Å². The van der Waals surface area contributed by atoms with E-state index in [9.17, 15) is 4.79 Å². The topological polar surface area (TPSA) is 68.0 Å². The second kappa shape index (κ2) is 9.94. The molecule has 1 saturated carbocycles. The summed E-state index contributed by atoms with van der Waals surface area (Å²) in [6.45, 7) is 0.644. The van der Waals surface area contributed by atoms with Crippen molar-refractivity contribution in [3.05, 3.63) is 27.5 Å². The van der Waals surface area contributed by atoms with Crippen LogP contribution < -0.4 is 11.1 Å². The van der Waals surface area contributed by atoms with Crippen LogP contribution in [0.25, 0.3) is 9.88 Å². The largest absolute Gasteiger partial charge is 0.353 e. The van der Waals surface area contributed by atoms with Gasteiger partial charge in [-0.05, 0) is 37.4 Å². The summed E-state index contributed by atoms with van der Waals surface area (Å²) >= 11 is 8.99. The molecule has 1 amide bonds. The number of thiazole rings is 1. The Hall–Kier alpha value is -0.370. The summed E-state index contributed by atoms with van der Waals surface area (Å²) in [5.74, 6) is 0.453. The molecule has 0 bridgehead atoms. The van der Waals surface area contributed by atoms with Gasteiger partial charge < -0.3 is 11.1 Å². The van der Waals surface area contributed by atoms with Crippen molar-refractivity contribution in [3.63, 3.8) is 0 Å². The number of nitrogens with one attached hydrogen (secondary N) is 1. The molecule has 3 N–H and O–H groups in total. The van der Waals surface area contributed by atoms with Crippen LogP contribution in [0.5, 0.6) is 0 Å². The molecule has 0 radical (unpaired) electrons. The third-order valence-corrected chi connectivity index (χ3v) is 6.28. The minimum absolute atomic E-state index is 0. The number of carbonyl (C=O) groups excluding carboxylic acids is 1. The Balaban J connectivity index is 0.00000144. The van der Waals surface area contributed by atoms with E-state index in [1.165, 1.54) is 11.3 Å². The first-order valence-corrected chi connectivity index (χ1v) is 9.42. The second-order valence-electron chi connectivity index (χ2n) is 5.53. The summed E-state index contributed by atoms with van der Waals surface area (Å²) in [6, 6.07) is 4.05. The molecule has 2 atom stereocenters. The maximum Gasteiger partial charge on any atom is 0.226 e. The molecule has 1 aliphatic rings. The molecule has 1 aliphatic carbocycles. The van der Waals surface area contributed by atoms with Gasteiger partial charge in [0.2, 0.25) is 5.91 Å². The van der Waals surface area contributed by atoms with E-state index in [4.69, 9.17) is 17.3 Å². The Morgan fingerprint density at radius 1 is 1.38 bits per heavy atom. The van der Waals surface area contributed by atoms with Crippen molar-refractivity contribution in [1.29, 1.82) is 0 Å². The summed E-state index contributed by atoms with van der Waals surface area (Å²) in [7, 11) is 0. The molecular formula is C15H20Cl3N3OS2. The highest BCUT2D eigenvalue weighted by atomic mass is 35.5. The molecular weight excluding hydrogens is 409 g/mol. The van der Waals surface area contributed by atoms with Crippen molar-refractivity contribution >= 4 is 65.0 Å². The minimum Gasteiger partial charge on any atom is -0.353 e. The second-order valence-corrected chi connectivity index (χ2v) is 8.10. The average molecular weight is 429 g/mol. The molecule has 0 spiro atoms. The molecule has 2 aromatic heterocycles. The third-order valence-electron chi connectivity index (χ3n) is 3.99. The Kier molecular flexibility index (Phi) is 8.98. The molecule has 2 unspecified atom stereocenters. The molecule has 0 aliphatic heterocycles. The zero-order valence-corrected chi connectivity index (χ0v) is 16.9. The lowest BCUT2D eigenvalue weighted by Gasteiger charge is -2.19. The molecule has 134 valence electrons. The molecule has 0 saturated heterocycles. The van der Waals surface area contributed by atoms with Crippen molar-refractivity contribution in [1.82, 2.24) is 10.3 Å². The van der Waals surface area contributed by atoms with Gasteiger partial charge in [0.25, 0.3) is 0 Å². The lowest BCUT2D eigenvalue weighted by Crippen LogP contribution is -2.40. The first kappa shape index (κ1) is 21.7. The minimum atomic E-state index is 0. The fourth-order valence-electron chi connectivity index (χ4n) is 2.86. The van der Waals surface area contributed by atoms with E-state index in [-0.39, 0.29) is 36.8 Å². The number of carbonyl (C=O) groups is 1. The predicted octanol–water partition coefficient (Wildman–Crippen LogP) is 4.15. The molecule has 9 heteroatoms. The van der Waals surface area contributed by atoms with Crippen LogP contribution >= 0.6 is 59.1 Å². The van der Waals surface area contributed by atoms with Crippen LogP contribution in [0.1, 0.15) is 25.0 Å². The van der Waals surface area contributed by atoms with E-state index in [1.807, 2.05) is 17.5 Å². The van der Waals surface area contributed by atoms with E-state index in [0.29, 0.717) is 18.9 Å². The third kappa shape index (κ3) is 5.31. The number of rotatable bonds is 5. The van der Waals surface area contributed by atoms with E-state index in [0.717, 1.165) is 39.2 Å². The van der Waals surface area contributed by atoms with Gasteiger partial charge in [0.15, 0.2) is 0 Å². The molecule has 4 nitrogen and oxygen atoms in total. The van der Waals surface area contributed by atoms with Crippen molar-refractivity contribution in [2.24, 2.45) is 11.7 Å². The fraction of sp³-hybridized carbons (Fsp3) is 0.467. The van der Waals surface area contributed by atoms with Gasteiger partial charge in [0.05, 0.1) is 21.3 Å². The Labute approximate surface area is 167 Å². The number of hydrogen-bond acceptors (Lipinski definition) is 5. The number of amides is 1. The summed E-state index contributed by atoms with van der Waals surface area (Å²) in [6.07, 6.45) is 3.61. The predicted molar refractivity (Wildman–Crippen MR) is 107 cm³/mol. The van der Waals surface area contributed by atoms with Gasteiger partial charge >= 0.3 is 0 Å². The Morgan fingerprint density at radius 3 is 2.83 bits per heavy atom. The van der Waals surface area contributed by atoms with Crippen LogP contribution in [0.2, 0.25) is 4.34 Å². The van der Waals surface area contributed by atoms with Crippen molar-refractivity contribution in [2.45, 2.75) is 31.7 Å². The smallest absolute Gasteiger partial charge is 0.226 e. The number of thiophene rings is 1. The van der Waals surface area contributed by atoms with Crippen LogP contribution in [-0.2, 0) is 11.2 Å². The summed E-state index contributed by atoms with van der Waals surface area (Å²) in [5.41, 5.74) is 6.56. The van der Waals surface area contributed by atoms with Crippen LogP contribution in [-0.4, -0.2) is 23.5 Å². The van der Waals surface area contributed by atoms with Gasteiger partial charge in [0, 0.05) is 11.4 Å². The standard InChI is InChI=1S/C15H18ClN3OS2.2ClH/c16-13-5-4-12(22-13)15-18-10(8-21-15)6-14(20)19-11-3-1-2-9(11)7-17;;/h4-5,8-9,11H,1-3,6-7,17H2,(H,19,20);2*1H. The summed E-state index contributed by atoms with van der Waals surface area (Å²) in [5, 5.41) is 5.97. The van der Waals surface area contributed by atoms with Crippen LogP contribution in [0.4, 0.5) is 0 Å². The average Bonchev–Trinajstić information content (AvgIpc) is 3.19. The first-order chi connectivity index (χ1) is 10.7. The summed E-state index contributed by atoms with van der Waals surface area (Å²) < 4.78 is 0.749. The van der Waals surface area contributed by atoms with E-state index in [2.05, 4.69) is 10.3 Å². The lowest BCUT2D eigenvalue weighted by atomic mass is 10.0. The van der Waals surface area contributed by atoms with Crippen molar-refractivity contribution < 1.29 is 4.79 Å². The Bertz CT molecular complexity index is 662. The molecule has 2 heterocycles. The number of hydrogen-bond donors (Lipinski definition) is 2. The first-order valence-electron chi connectivity index (χ1n) is 7.35. The van der Waals surface area contributed by atoms with Crippen LogP contribution in [0, 0.1) is 5.92 Å². The van der Waals surface area contributed by atoms with Crippen LogP contribution in [0.15, 0.2) is 17.5 Å². The van der Waals surface area contributed by atoms with Gasteiger partial charge in [-0.1, -0.05) is 18.0 Å². The molecule has 3 rings (SSSR count). The monoisotopic (exact) mass is 427 g/mol. The van der Waals surface area contributed by atoms with Gasteiger partial charge in [-0.2, -0.15) is 0 Å². The maximum atomic E-state index is 12.2.